The lowest BCUT2D eigenvalue weighted by molar-refractivity contribution is 0.430. The summed E-state index contributed by atoms with van der Waals surface area (Å²) in [5, 5.41) is 0. The van der Waals surface area contributed by atoms with Crippen molar-refractivity contribution in [3.8, 4) is 0 Å². The van der Waals surface area contributed by atoms with Gasteiger partial charge in [-0.1, -0.05) is 162 Å². The Bertz CT molecular complexity index is 241. The number of rotatable bonds is 23. The zero-order valence-electron chi connectivity index (χ0n) is 21.7. The van der Waals surface area contributed by atoms with Crippen LogP contribution in [0.3, 0.4) is 0 Å². The first-order chi connectivity index (χ1) is 14.7. The SMILES string of the molecule is CCCCCCCCCCCCC(C)CCCCCCCCCCCC.NCCN. The van der Waals surface area contributed by atoms with Crippen LogP contribution in [-0.2, 0) is 0 Å². The highest BCUT2D eigenvalue weighted by molar-refractivity contribution is 4.56. The van der Waals surface area contributed by atoms with E-state index in [-0.39, 0.29) is 0 Å². The zero-order chi connectivity index (χ0) is 22.5. The fourth-order valence-electron chi connectivity index (χ4n) is 4.10. The molecule has 0 radical (unpaired) electrons. The smallest absolute Gasteiger partial charge is 0.00461 e. The van der Waals surface area contributed by atoms with Crippen molar-refractivity contribution >= 4 is 0 Å². The molecule has 0 fully saturated rings. The molecule has 0 saturated heterocycles. The van der Waals surface area contributed by atoms with Crippen molar-refractivity contribution in [3.05, 3.63) is 0 Å². The van der Waals surface area contributed by atoms with Crippen molar-refractivity contribution < 1.29 is 0 Å². The monoisotopic (exact) mass is 426 g/mol. The number of hydrogen-bond acceptors (Lipinski definition) is 2. The fourth-order valence-corrected chi connectivity index (χ4v) is 4.10. The van der Waals surface area contributed by atoms with E-state index in [1.807, 2.05) is 0 Å². The van der Waals surface area contributed by atoms with Crippen molar-refractivity contribution in [1.29, 1.82) is 0 Å². The van der Waals surface area contributed by atoms with Gasteiger partial charge in [-0.15, -0.1) is 0 Å². The molecule has 0 rings (SSSR count). The first-order valence-electron chi connectivity index (χ1n) is 14.1. The Labute approximate surface area is 192 Å². The third kappa shape index (κ3) is 32.6. The summed E-state index contributed by atoms with van der Waals surface area (Å²) in [5.74, 6) is 0.970. The Hall–Kier alpha value is -0.0800. The highest BCUT2D eigenvalue weighted by Gasteiger charge is 2.02. The molecular formula is C28H62N2. The van der Waals surface area contributed by atoms with Crippen LogP contribution in [0.4, 0.5) is 0 Å². The van der Waals surface area contributed by atoms with Crippen LogP contribution in [0.5, 0.6) is 0 Å². The van der Waals surface area contributed by atoms with Gasteiger partial charge in [0.15, 0.2) is 0 Å². The Balaban J connectivity index is 0. The fraction of sp³-hybridized carbons (Fsp3) is 1.00. The number of hydrogen-bond donors (Lipinski definition) is 2. The minimum atomic E-state index is 0.597. The Kier molecular flexibility index (Phi) is 33.3. The highest BCUT2D eigenvalue weighted by atomic mass is 14.6. The van der Waals surface area contributed by atoms with Gasteiger partial charge in [-0.3, -0.25) is 0 Å². The molecule has 0 aliphatic rings. The molecule has 4 N–H and O–H groups in total. The van der Waals surface area contributed by atoms with Gasteiger partial charge in [0, 0.05) is 13.1 Å². The average Bonchev–Trinajstić information content (AvgIpc) is 2.76. The normalized spacial score (nSPS) is 11.0. The summed E-state index contributed by atoms with van der Waals surface area (Å²) >= 11 is 0. The van der Waals surface area contributed by atoms with E-state index in [1.165, 1.54) is 141 Å². The molecule has 0 atom stereocenters. The van der Waals surface area contributed by atoms with E-state index in [9.17, 15) is 0 Å². The van der Waals surface area contributed by atoms with Crippen LogP contribution < -0.4 is 11.5 Å². The van der Waals surface area contributed by atoms with Gasteiger partial charge in [0.05, 0.1) is 0 Å². The molecule has 0 unspecified atom stereocenters. The van der Waals surface area contributed by atoms with Gasteiger partial charge in [-0.2, -0.15) is 0 Å². The Morgan fingerprint density at radius 3 is 0.867 bits per heavy atom. The second-order valence-corrected chi connectivity index (χ2v) is 9.62. The van der Waals surface area contributed by atoms with Crippen molar-refractivity contribution in [1.82, 2.24) is 0 Å². The van der Waals surface area contributed by atoms with E-state index in [4.69, 9.17) is 11.5 Å². The summed E-state index contributed by atoms with van der Waals surface area (Å²) in [6.45, 7) is 8.29. The van der Waals surface area contributed by atoms with Gasteiger partial charge < -0.3 is 11.5 Å². The molecule has 0 spiro atoms. The van der Waals surface area contributed by atoms with Gasteiger partial charge in [0.2, 0.25) is 0 Å². The first-order valence-corrected chi connectivity index (χ1v) is 14.1. The molecule has 0 saturated carbocycles. The molecule has 0 aromatic rings. The molecule has 2 nitrogen and oxygen atoms in total. The third-order valence-corrected chi connectivity index (χ3v) is 6.27. The van der Waals surface area contributed by atoms with Crippen LogP contribution in [0.1, 0.15) is 162 Å². The van der Waals surface area contributed by atoms with E-state index >= 15 is 0 Å². The van der Waals surface area contributed by atoms with Crippen LogP contribution in [0.25, 0.3) is 0 Å². The number of unbranched alkanes of at least 4 members (excludes halogenated alkanes) is 18. The Morgan fingerprint density at radius 2 is 0.633 bits per heavy atom. The van der Waals surface area contributed by atoms with Crippen LogP contribution in [0.2, 0.25) is 0 Å². The first kappa shape index (κ1) is 32.1. The molecule has 184 valence electrons. The lowest BCUT2D eigenvalue weighted by atomic mass is 9.95. The summed E-state index contributed by atoms with van der Waals surface area (Å²) in [6, 6.07) is 0. The molecule has 2 heteroatoms. The number of nitrogens with two attached hydrogens (primary N) is 2. The van der Waals surface area contributed by atoms with E-state index in [0.717, 1.165) is 5.92 Å². The quantitative estimate of drug-likeness (QED) is 0.160. The molecule has 0 aliphatic heterocycles. The lowest BCUT2D eigenvalue weighted by Crippen LogP contribution is -2.11. The summed E-state index contributed by atoms with van der Waals surface area (Å²) in [5.41, 5.74) is 9.81. The van der Waals surface area contributed by atoms with Gasteiger partial charge in [-0.25, -0.2) is 0 Å². The molecular weight excluding hydrogens is 364 g/mol. The lowest BCUT2D eigenvalue weighted by Gasteiger charge is -2.11. The second kappa shape index (κ2) is 31.1. The molecule has 0 amide bonds. The maximum Gasteiger partial charge on any atom is 0.00461 e. The molecule has 30 heavy (non-hydrogen) atoms. The van der Waals surface area contributed by atoms with Gasteiger partial charge >= 0.3 is 0 Å². The maximum absolute atomic E-state index is 4.90. The van der Waals surface area contributed by atoms with Crippen molar-refractivity contribution in [2.75, 3.05) is 13.1 Å². The Morgan fingerprint density at radius 1 is 0.400 bits per heavy atom. The van der Waals surface area contributed by atoms with Gasteiger partial charge in [-0.05, 0) is 5.92 Å². The third-order valence-electron chi connectivity index (χ3n) is 6.27. The molecule has 0 bridgehead atoms. The van der Waals surface area contributed by atoms with Crippen molar-refractivity contribution in [3.63, 3.8) is 0 Å². The van der Waals surface area contributed by atoms with Crippen molar-refractivity contribution in [2.45, 2.75) is 162 Å². The van der Waals surface area contributed by atoms with Gasteiger partial charge in [0.25, 0.3) is 0 Å². The van der Waals surface area contributed by atoms with Crippen LogP contribution >= 0.6 is 0 Å². The van der Waals surface area contributed by atoms with Gasteiger partial charge in [0.1, 0.15) is 0 Å². The van der Waals surface area contributed by atoms with E-state index in [2.05, 4.69) is 20.8 Å². The predicted octanol–water partition coefficient (Wildman–Crippen LogP) is 9.15. The van der Waals surface area contributed by atoms with E-state index in [0.29, 0.717) is 13.1 Å². The highest BCUT2D eigenvalue weighted by Crippen LogP contribution is 2.19. The van der Waals surface area contributed by atoms with E-state index in [1.54, 1.807) is 0 Å². The van der Waals surface area contributed by atoms with Crippen LogP contribution in [0, 0.1) is 5.92 Å². The average molecular weight is 427 g/mol. The van der Waals surface area contributed by atoms with E-state index < -0.39 is 0 Å². The standard InChI is InChI=1S/C26H54.C2H8N2/c1-4-6-8-10-12-14-16-18-20-22-24-26(3)25-23-21-19-17-15-13-11-9-7-5-2;3-1-2-4/h26H,4-25H2,1-3H3;1-4H2. The molecule has 0 aliphatic carbocycles. The molecule has 0 heterocycles. The zero-order valence-corrected chi connectivity index (χ0v) is 21.7. The largest absolute Gasteiger partial charge is 0.329 e. The summed E-state index contributed by atoms with van der Waals surface area (Å²) in [6.07, 6.45) is 32.3. The van der Waals surface area contributed by atoms with Crippen LogP contribution in [-0.4, -0.2) is 13.1 Å². The topological polar surface area (TPSA) is 52.0 Å². The summed E-state index contributed by atoms with van der Waals surface area (Å²) < 4.78 is 0. The van der Waals surface area contributed by atoms with Crippen LogP contribution in [0.15, 0.2) is 0 Å². The minimum Gasteiger partial charge on any atom is -0.329 e. The second-order valence-electron chi connectivity index (χ2n) is 9.62. The predicted molar refractivity (Wildman–Crippen MR) is 140 cm³/mol. The summed E-state index contributed by atoms with van der Waals surface area (Å²) in [4.78, 5) is 0. The molecule has 0 aromatic heterocycles. The minimum absolute atomic E-state index is 0.597. The van der Waals surface area contributed by atoms with Crippen molar-refractivity contribution in [2.24, 2.45) is 17.4 Å². The maximum atomic E-state index is 4.90. The summed E-state index contributed by atoms with van der Waals surface area (Å²) in [7, 11) is 0. The molecule has 0 aromatic carbocycles.